The molecule has 1 aromatic rings. The maximum Gasteiger partial charge on any atom is 0.408 e. The number of nitrogens with two attached hydrogens (primary N) is 1. The first-order valence-electron chi connectivity index (χ1n) is 11.8. The number of carbonyl (C=O) groups is 5. The first-order chi connectivity index (χ1) is 16.8. The molecule has 0 aliphatic heterocycles. The Labute approximate surface area is 212 Å². The number of primary amides is 1. The van der Waals surface area contributed by atoms with Crippen LogP contribution >= 0.6 is 0 Å². The van der Waals surface area contributed by atoms with Gasteiger partial charge in [-0.3, -0.25) is 19.2 Å². The first kappa shape index (κ1) is 30.4. The molecule has 11 heteroatoms. The fraction of sp³-hybridized carbons (Fsp3) is 0.560. The summed E-state index contributed by atoms with van der Waals surface area (Å²) in [5, 5.41) is 4.92. The molecule has 2 unspecified atom stereocenters. The summed E-state index contributed by atoms with van der Waals surface area (Å²) in [4.78, 5) is 64.2. The van der Waals surface area contributed by atoms with E-state index in [-0.39, 0.29) is 6.54 Å². The Morgan fingerprint density at radius 3 is 2.33 bits per heavy atom. The predicted octanol–water partition coefficient (Wildman–Crippen LogP) is 1.72. The molecule has 1 aromatic carbocycles. The van der Waals surface area contributed by atoms with Gasteiger partial charge in [-0.15, -0.1) is 0 Å². The molecule has 0 aromatic heterocycles. The van der Waals surface area contributed by atoms with E-state index in [2.05, 4.69) is 15.4 Å². The molecule has 0 aliphatic carbocycles. The molecule has 11 nitrogen and oxygen atoms in total. The van der Waals surface area contributed by atoms with Gasteiger partial charge in [0.25, 0.3) is 0 Å². The fourth-order valence-electron chi connectivity index (χ4n) is 3.39. The molecule has 0 radical (unpaired) electrons. The van der Waals surface area contributed by atoms with E-state index in [1.165, 1.54) is 12.0 Å². The van der Waals surface area contributed by atoms with Crippen molar-refractivity contribution in [2.75, 3.05) is 20.2 Å². The normalized spacial score (nSPS) is 12.6. The smallest absolute Gasteiger partial charge is 0.408 e. The lowest BCUT2D eigenvalue weighted by atomic mass is 10.00. The number of hydrogen-bond donors (Lipinski definition) is 3. The SMILES string of the molecule is CCCCN(C(=O)C(CC(N)=O)NC(=O)OC(C)(C)C)C(C(=O)NCC(=O)OC)c1cccc(C)c1. The zero-order valence-corrected chi connectivity index (χ0v) is 21.9. The van der Waals surface area contributed by atoms with Gasteiger partial charge in [-0.1, -0.05) is 43.2 Å². The number of ether oxygens (including phenoxy) is 2. The van der Waals surface area contributed by atoms with Crippen molar-refractivity contribution in [3.05, 3.63) is 35.4 Å². The molecule has 2 atom stereocenters. The summed E-state index contributed by atoms with van der Waals surface area (Å²) in [6.45, 7) is 8.48. The van der Waals surface area contributed by atoms with Crippen LogP contribution in [-0.4, -0.2) is 66.5 Å². The molecule has 0 saturated heterocycles. The summed E-state index contributed by atoms with van der Waals surface area (Å²) in [7, 11) is 1.19. The Hall–Kier alpha value is -3.63. The van der Waals surface area contributed by atoms with E-state index in [4.69, 9.17) is 10.5 Å². The molecule has 0 spiro atoms. The van der Waals surface area contributed by atoms with E-state index in [1.807, 2.05) is 19.9 Å². The van der Waals surface area contributed by atoms with Crippen LogP contribution in [0.3, 0.4) is 0 Å². The van der Waals surface area contributed by atoms with Gasteiger partial charge in [-0.25, -0.2) is 4.79 Å². The van der Waals surface area contributed by atoms with E-state index in [9.17, 15) is 24.0 Å². The van der Waals surface area contributed by atoms with Crippen LogP contribution in [0.4, 0.5) is 4.79 Å². The highest BCUT2D eigenvalue weighted by Gasteiger charge is 2.36. The molecular weight excluding hydrogens is 468 g/mol. The molecule has 1 rings (SSSR count). The molecule has 200 valence electrons. The highest BCUT2D eigenvalue weighted by atomic mass is 16.6. The molecule has 0 fully saturated rings. The third-order valence-corrected chi connectivity index (χ3v) is 4.98. The Bertz CT molecular complexity index is 943. The Morgan fingerprint density at radius 2 is 1.81 bits per heavy atom. The topological polar surface area (TPSA) is 157 Å². The van der Waals surface area contributed by atoms with Gasteiger partial charge in [0.05, 0.1) is 13.5 Å². The molecule has 4 N–H and O–H groups in total. The highest BCUT2D eigenvalue weighted by Crippen LogP contribution is 2.24. The molecule has 0 saturated carbocycles. The molecule has 36 heavy (non-hydrogen) atoms. The first-order valence-corrected chi connectivity index (χ1v) is 11.8. The van der Waals surface area contributed by atoms with Gasteiger partial charge in [0.1, 0.15) is 24.2 Å². The lowest BCUT2D eigenvalue weighted by Gasteiger charge is -2.34. The van der Waals surface area contributed by atoms with Crippen LogP contribution in [0.1, 0.15) is 64.1 Å². The number of benzene rings is 1. The fourth-order valence-corrected chi connectivity index (χ4v) is 3.39. The number of methoxy groups -OCH3 is 1. The zero-order valence-electron chi connectivity index (χ0n) is 21.9. The number of esters is 1. The summed E-state index contributed by atoms with van der Waals surface area (Å²) < 4.78 is 9.84. The minimum absolute atomic E-state index is 0.144. The highest BCUT2D eigenvalue weighted by molar-refractivity contribution is 5.95. The third-order valence-electron chi connectivity index (χ3n) is 4.98. The van der Waals surface area contributed by atoms with E-state index in [0.29, 0.717) is 18.4 Å². The second-order valence-corrected chi connectivity index (χ2v) is 9.37. The molecule has 0 bridgehead atoms. The van der Waals surface area contributed by atoms with Crippen LogP contribution in [0.2, 0.25) is 0 Å². The monoisotopic (exact) mass is 506 g/mol. The third kappa shape index (κ3) is 10.3. The van der Waals surface area contributed by atoms with Crippen molar-refractivity contribution in [3.63, 3.8) is 0 Å². The lowest BCUT2D eigenvalue weighted by molar-refractivity contribution is -0.145. The number of unbranched alkanes of at least 4 members (excludes halogenated alkanes) is 1. The van der Waals surface area contributed by atoms with Crippen molar-refractivity contribution >= 4 is 29.8 Å². The maximum atomic E-state index is 13.8. The van der Waals surface area contributed by atoms with E-state index >= 15 is 0 Å². The van der Waals surface area contributed by atoms with Crippen LogP contribution in [0.15, 0.2) is 24.3 Å². The van der Waals surface area contributed by atoms with Gasteiger partial charge >= 0.3 is 12.1 Å². The van der Waals surface area contributed by atoms with Gasteiger partial charge in [0, 0.05) is 6.54 Å². The number of alkyl carbamates (subject to hydrolysis) is 1. The minimum atomic E-state index is -1.37. The van der Waals surface area contributed by atoms with Crippen molar-refractivity contribution in [2.24, 2.45) is 5.73 Å². The van der Waals surface area contributed by atoms with Gasteiger partial charge in [0.2, 0.25) is 17.7 Å². The van der Waals surface area contributed by atoms with Crippen LogP contribution in [0.5, 0.6) is 0 Å². The van der Waals surface area contributed by atoms with Gasteiger partial charge in [0.15, 0.2) is 0 Å². The number of aryl methyl sites for hydroxylation is 1. The lowest BCUT2D eigenvalue weighted by Crippen LogP contribution is -2.54. The van der Waals surface area contributed by atoms with Crippen molar-refractivity contribution in [2.45, 2.75) is 71.6 Å². The number of amides is 4. The van der Waals surface area contributed by atoms with E-state index in [1.54, 1.807) is 39.0 Å². The van der Waals surface area contributed by atoms with Crippen LogP contribution in [-0.2, 0) is 28.7 Å². The summed E-state index contributed by atoms with van der Waals surface area (Å²) in [6.07, 6.45) is -0.160. The second-order valence-electron chi connectivity index (χ2n) is 9.37. The van der Waals surface area contributed by atoms with Gasteiger partial charge < -0.3 is 30.7 Å². The number of rotatable bonds is 12. The van der Waals surface area contributed by atoms with Crippen molar-refractivity contribution in [1.29, 1.82) is 0 Å². The zero-order chi connectivity index (χ0) is 27.5. The average molecular weight is 507 g/mol. The summed E-state index contributed by atoms with van der Waals surface area (Å²) >= 11 is 0. The minimum Gasteiger partial charge on any atom is -0.468 e. The van der Waals surface area contributed by atoms with Crippen molar-refractivity contribution < 1.29 is 33.4 Å². The quantitative estimate of drug-likeness (QED) is 0.364. The number of nitrogens with one attached hydrogen (secondary N) is 2. The molecule has 0 heterocycles. The molecular formula is C25H38N4O7. The van der Waals surface area contributed by atoms with Crippen LogP contribution in [0, 0.1) is 6.92 Å². The van der Waals surface area contributed by atoms with Crippen LogP contribution < -0.4 is 16.4 Å². The maximum absolute atomic E-state index is 13.8. The summed E-state index contributed by atoms with van der Waals surface area (Å²) in [5.74, 6) is -2.78. The Balaban J connectivity index is 3.46. The molecule has 0 aliphatic rings. The number of carbonyl (C=O) groups excluding carboxylic acids is 5. The summed E-state index contributed by atoms with van der Waals surface area (Å²) in [5.41, 5.74) is 5.87. The number of hydrogen-bond acceptors (Lipinski definition) is 7. The Kier molecular flexibility index (Phi) is 11.9. The standard InChI is InChI=1S/C25H38N4O7/c1-7-8-12-29(23(33)18(14-19(26)30)28-24(34)36-25(3,4)5)21(17-11-9-10-16(2)13-17)22(32)27-15-20(31)35-6/h9-11,13,18,21H,7-8,12,14-15H2,1-6H3,(H2,26,30)(H,27,32)(H,28,34). The van der Waals surface area contributed by atoms with E-state index < -0.39 is 60.4 Å². The van der Waals surface area contributed by atoms with E-state index in [0.717, 1.165) is 5.56 Å². The van der Waals surface area contributed by atoms with Crippen molar-refractivity contribution in [3.8, 4) is 0 Å². The number of nitrogens with zero attached hydrogens (tertiary/aromatic N) is 1. The average Bonchev–Trinajstić information content (AvgIpc) is 2.77. The largest absolute Gasteiger partial charge is 0.468 e. The van der Waals surface area contributed by atoms with Crippen LogP contribution in [0.25, 0.3) is 0 Å². The second kappa shape index (κ2) is 14.1. The van der Waals surface area contributed by atoms with Gasteiger partial charge in [-0.2, -0.15) is 0 Å². The van der Waals surface area contributed by atoms with Crippen molar-refractivity contribution in [1.82, 2.24) is 15.5 Å². The Morgan fingerprint density at radius 1 is 1.14 bits per heavy atom. The molecule has 4 amide bonds. The summed E-state index contributed by atoms with van der Waals surface area (Å²) in [6, 6.07) is 4.50. The predicted molar refractivity (Wildman–Crippen MR) is 133 cm³/mol. The van der Waals surface area contributed by atoms with Gasteiger partial charge in [-0.05, 0) is 39.7 Å².